The molecule has 2 atom stereocenters. The summed E-state index contributed by atoms with van der Waals surface area (Å²) in [7, 11) is 0. The minimum atomic E-state index is -0.775. The average Bonchev–Trinajstić information content (AvgIpc) is 2.87. The predicted molar refractivity (Wildman–Crippen MR) is 71.9 cm³/mol. The average molecular weight is 268 g/mol. The lowest BCUT2D eigenvalue weighted by Gasteiger charge is -2.33. The van der Waals surface area contributed by atoms with Gasteiger partial charge < -0.3 is 14.9 Å². The van der Waals surface area contributed by atoms with Gasteiger partial charge in [-0.1, -0.05) is 13.3 Å². The molecule has 2 fully saturated rings. The van der Waals surface area contributed by atoms with Crippen LogP contribution in [0.1, 0.15) is 39.0 Å². The second-order valence-corrected chi connectivity index (χ2v) is 5.80. The maximum atomic E-state index is 12.4. The maximum absolute atomic E-state index is 12.4. The quantitative estimate of drug-likeness (QED) is 0.852. The topological polar surface area (TPSA) is 60.9 Å². The standard InChI is InChI=1S/C14H24N2O3/c1-2-4-11-6-8-16(9-11)14(19)15-7-3-5-12(10-15)13(17)18/h11-12H,2-10H2,1H3,(H,17,18). The molecule has 0 spiro atoms. The Morgan fingerprint density at radius 1 is 1.16 bits per heavy atom. The van der Waals surface area contributed by atoms with E-state index in [-0.39, 0.29) is 11.9 Å². The lowest BCUT2D eigenvalue weighted by molar-refractivity contribution is -0.143. The Labute approximate surface area is 114 Å². The van der Waals surface area contributed by atoms with Crippen molar-refractivity contribution in [2.45, 2.75) is 39.0 Å². The van der Waals surface area contributed by atoms with Crippen LogP contribution in [0.15, 0.2) is 0 Å². The number of piperidine rings is 1. The van der Waals surface area contributed by atoms with Crippen LogP contribution in [0.2, 0.25) is 0 Å². The molecule has 0 aromatic carbocycles. The third-order valence-electron chi connectivity index (χ3n) is 4.29. The first-order valence-electron chi connectivity index (χ1n) is 7.38. The molecule has 1 N–H and O–H groups in total. The van der Waals surface area contributed by atoms with Crippen LogP contribution in [-0.4, -0.2) is 53.1 Å². The van der Waals surface area contributed by atoms with Crippen molar-refractivity contribution >= 4 is 12.0 Å². The fraction of sp³-hybridized carbons (Fsp3) is 0.857. The van der Waals surface area contributed by atoms with Gasteiger partial charge in [0.25, 0.3) is 0 Å². The van der Waals surface area contributed by atoms with Crippen LogP contribution in [0.25, 0.3) is 0 Å². The summed E-state index contributed by atoms with van der Waals surface area (Å²) < 4.78 is 0. The first-order valence-corrected chi connectivity index (χ1v) is 7.38. The molecule has 0 bridgehead atoms. The predicted octanol–water partition coefficient (Wildman–Crippen LogP) is 2.03. The number of carboxylic acids is 1. The highest BCUT2D eigenvalue weighted by Gasteiger charge is 2.33. The zero-order chi connectivity index (χ0) is 13.8. The zero-order valence-corrected chi connectivity index (χ0v) is 11.7. The minimum Gasteiger partial charge on any atom is -0.481 e. The maximum Gasteiger partial charge on any atom is 0.320 e. The highest BCUT2D eigenvalue weighted by atomic mass is 16.4. The Hall–Kier alpha value is -1.26. The summed E-state index contributed by atoms with van der Waals surface area (Å²) in [6.07, 6.45) is 4.93. The number of rotatable bonds is 3. The molecule has 0 aliphatic carbocycles. The van der Waals surface area contributed by atoms with Gasteiger partial charge in [-0.2, -0.15) is 0 Å². The van der Waals surface area contributed by atoms with Crippen molar-refractivity contribution in [2.24, 2.45) is 11.8 Å². The Morgan fingerprint density at radius 3 is 2.58 bits per heavy atom. The number of carboxylic acid groups (broad SMARTS) is 1. The lowest BCUT2D eigenvalue weighted by Crippen LogP contribution is -2.48. The Bertz CT molecular complexity index is 346. The van der Waals surface area contributed by atoms with Crippen molar-refractivity contribution < 1.29 is 14.7 Å². The van der Waals surface area contributed by atoms with Gasteiger partial charge >= 0.3 is 12.0 Å². The summed E-state index contributed by atoms with van der Waals surface area (Å²) in [5, 5.41) is 9.06. The molecule has 2 saturated heterocycles. The number of amides is 2. The van der Waals surface area contributed by atoms with Crippen molar-refractivity contribution in [3.8, 4) is 0 Å². The zero-order valence-electron chi connectivity index (χ0n) is 11.7. The van der Waals surface area contributed by atoms with E-state index in [4.69, 9.17) is 5.11 Å². The monoisotopic (exact) mass is 268 g/mol. The third-order valence-corrected chi connectivity index (χ3v) is 4.29. The molecule has 0 aromatic heterocycles. The molecule has 0 aromatic rings. The van der Waals surface area contributed by atoms with Crippen LogP contribution in [0.4, 0.5) is 4.79 Å². The molecule has 108 valence electrons. The van der Waals surface area contributed by atoms with Gasteiger partial charge in [-0.15, -0.1) is 0 Å². The SMILES string of the molecule is CCCC1CCN(C(=O)N2CCCC(C(=O)O)C2)C1. The third kappa shape index (κ3) is 3.39. The van der Waals surface area contributed by atoms with Gasteiger partial charge in [-0.05, 0) is 31.6 Å². The van der Waals surface area contributed by atoms with Gasteiger partial charge in [0.1, 0.15) is 0 Å². The van der Waals surface area contributed by atoms with Gasteiger partial charge in [-0.3, -0.25) is 4.79 Å². The van der Waals surface area contributed by atoms with E-state index in [1.807, 2.05) is 4.90 Å². The number of carbonyl (C=O) groups is 2. The number of urea groups is 1. The molecule has 2 heterocycles. The molecule has 2 rings (SSSR count). The Kier molecular flexibility index (Phi) is 4.66. The lowest BCUT2D eigenvalue weighted by atomic mass is 9.99. The molecule has 5 heteroatoms. The van der Waals surface area contributed by atoms with Gasteiger partial charge in [0, 0.05) is 26.2 Å². The summed E-state index contributed by atoms with van der Waals surface area (Å²) in [6, 6.07) is 0.0459. The highest BCUT2D eigenvalue weighted by Crippen LogP contribution is 2.24. The summed E-state index contributed by atoms with van der Waals surface area (Å²) >= 11 is 0. The first kappa shape index (κ1) is 14.2. The number of likely N-dealkylation sites (tertiary alicyclic amines) is 2. The van der Waals surface area contributed by atoms with Crippen LogP contribution < -0.4 is 0 Å². The molecular weight excluding hydrogens is 244 g/mol. The number of aliphatic carboxylic acids is 1. The molecule has 2 aliphatic rings. The normalized spacial score (nSPS) is 27.6. The molecule has 0 saturated carbocycles. The minimum absolute atomic E-state index is 0.0459. The smallest absolute Gasteiger partial charge is 0.320 e. The van der Waals surface area contributed by atoms with Crippen molar-refractivity contribution in [1.29, 1.82) is 0 Å². The van der Waals surface area contributed by atoms with Crippen LogP contribution in [0.5, 0.6) is 0 Å². The molecule has 19 heavy (non-hydrogen) atoms. The second-order valence-electron chi connectivity index (χ2n) is 5.80. The molecular formula is C14H24N2O3. The summed E-state index contributed by atoms with van der Waals surface area (Å²) in [4.78, 5) is 27.0. The molecule has 5 nitrogen and oxygen atoms in total. The van der Waals surface area contributed by atoms with E-state index in [2.05, 4.69) is 6.92 Å². The van der Waals surface area contributed by atoms with Crippen LogP contribution >= 0.6 is 0 Å². The second kappa shape index (κ2) is 6.26. The van der Waals surface area contributed by atoms with E-state index < -0.39 is 5.97 Å². The summed E-state index contributed by atoms with van der Waals surface area (Å²) in [5.41, 5.74) is 0. The molecule has 0 radical (unpaired) electrons. The van der Waals surface area contributed by atoms with Crippen LogP contribution in [0.3, 0.4) is 0 Å². The number of hydrogen-bond acceptors (Lipinski definition) is 2. The van der Waals surface area contributed by atoms with Crippen LogP contribution in [0, 0.1) is 11.8 Å². The first-order chi connectivity index (χ1) is 9.11. The van der Waals surface area contributed by atoms with Crippen molar-refractivity contribution in [2.75, 3.05) is 26.2 Å². The van der Waals surface area contributed by atoms with Gasteiger partial charge in [0.05, 0.1) is 5.92 Å². The van der Waals surface area contributed by atoms with E-state index in [1.54, 1.807) is 4.90 Å². The number of carbonyl (C=O) groups excluding carboxylic acids is 1. The van der Waals surface area contributed by atoms with Crippen molar-refractivity contribution in [3.63, 3.8) is 0 Å². The van der Waals surface area contributed by atoms with Gasteiger partial charge in [0.15, 0.2) is 0 Å². The fourth-order valence-corrected chi connectivity index (χ4v) is 3.20. The largest absolute Gasteiger partial charge is 0.481 e. The van der Waals surface area contributed by atoms with E-state index >= 15 is 0 Å². The van der Waals surface area contributed by atoms with Crippen LogP contribution in [-0.2, 0) is 4.79 Å². The highest BCUT2D eigenvalue weighted by molar-refractivity contribution is 5.77. The number of nitrogens with zero attached hydrogens (tertiary/aromatic N) is 2. The van der Waals surface area contributed by atoms with Crippen molar-refractivity contribution in [1.82, 2.24) is 9.80 Å². The fourth-order valence-electron chi connectivity index (χ4n) is 3.20. The molecule has 2 unspecified atom stereocenters. The van der Waals surface area contributed by atoms with Gasteiger partial charge in [0.2, 0.25) is 0 Å². The molecule has 2 amide bonds. The van der Waals surface area contributed by atoms with E-state index in [0.717, 1.165) is 32.4 Å². The number of hydrogen-bond donors (Lipinski definition) is 1. The van der Waals surface area contributed by atoms with Crippen molar-refractivity contribution in [3.05, 3.63) is 0 Å². The molecule has 2 aliphatic heterocycles. The van der Waals surface area contributed by atoms with E-state index in [9.17, 15) is 9.59 Å². The van der Waals surface area contributed by atoms with E-state index in [0.29, 0.717) is 25.4 Å². The Morgan fingerprint density at radius 2 is 1.89 bits per heavy atom. The summed E-state index contributed by atoms with van der Waals surface area (Å²) in [5.74, 6) is -0.525. The van der Waals surface area contributed by atoms with Gasteiger partial charge in [-0.25, -0.2) is 4.79 Å². The Balaban J connectivity index is 1.87. The van der Waals surface area contributed by atoms with E-state index in [1.165, 1.54) is 6.42 Å². The summed E-state index contributed by atoms with van der Waals surface area (Å²) in [6.45, 7) is 4.94.